The minimum Gasteiger partial charge on any atom is -0.460 e. The zero-order valence-corrected chi connectivity index (χ0v) is 17.0. The molecular formula is C24H17ClO5. The Kier molecular flexibility index (Phi) is 5.29. The van der Waals surface area contributed by atoms with Crippen LogP contribution in [0.1, 0.15) is 21.5 Å². The maximum atomic E-state index is 12.8. The molecule has 0 aliphatic heterocycles. The van der Waals surface area contributed by atoms with Gasteiger partial charge in [0, 0.05) is 6.07 Å². The van der Waals surface area contributed by atoms with E-state index in [2.05, 4.69) is 0 Å². The Morgan fingerprint density at radius 2 is 1.67 bits per heavy atom. The van der Waals surface area contributed by atoms with Crippen LogP contribution < -0.4 is 14.9 Å². The van der Waals surface area contributed by atoms with Gasteiger partial charge in [-0.3, -0.25) is 4.79 Å². The van der Waals surface area contributed by atoms with Gasteiger partial charge in [0.15, 0.2) is 0 Å². The number of hydrogen-bond donors (Lipinski definition) is 0. The van der Waals surface area contributed by atoms with Crippen molar-refractivity contribution in [3.63, 3.8) is 0 Å². The molecule has 30 heavy (non-hydrogen) atoms. The number of ether oxygens (including phenoxy) is 2. The third-order valence-electron chi connectivity index (χ3n) is 4.44. The van der Waals surface area contributed by atoms with E-state index in [0.29, 0.717) is 16.2 Å². The average Bonchev–Trinajstić information content (AvgIpc) is 2.70. The lowest BCUT2D eigenvalue weighted by atomic mass is 10.1. The van der Waals surface area contributed by atoms with Gasteiger partial charge in [0.2, 0.25) is 11.2 Å². The van der Waals surface area contributed by atoms with Crippen LogP contribution in [0.2, 0.25) is 5.02 Å². The second kappa shape index (κ2) is 8.05. The summed E-state index contributed by atoms with van der Waals surface area (Å²) in [6, 6.07) is 16.8. The molecule has 0 atom stereocenters. The third-order valence-corrected chi connectivity index (χ3v) is 4.77. The fourth-order valence-electron chi connectivity index (χ4n) is 3.13. The van der Waals surface area contributed by atoms with Gasteiger partial charge in [-0.2, -0.15) is 0 Å². The Morgan fingerprint density at radius 1 is 0.933 bits per heavy atom. The molecule has 0 N–H and O–H groups in total. The molecule has 150 valence electrons. The van der Waals surface area contributed by atoms with E-state index in [-0.39, 0.29) is 28.1 Å². The molecule has 1 heterocycles. The van der Waals surface area contributed by atoms with Crippen LogP contribution in [0.15, 0.2) is 76.1 Å². The molecule has 5 nitrogen and oxygen atoms in total. The number of carbonyl (C=O) groups is 1. The molecule has 0 saturated heterocycles. The number of benzene rings is 3. The highest BCUT2D eigenvalue weighted by Crippen LogP contribution is 2.26. The highest BCUT2D eigenvalue weighted by atomic mass is 35.5. The summed E-state index contributed by atoms with van der Waals surface area (Å²) in [5.41, 5.74) is 2.26. The van der Waals surface area contributed by atoms with Gasteiger partial charge in [-0.25, -0.2) is 4.79 Å². The lowest BCUT2D eigenvalue weighted by Crippen LogP contribution is -2.09. The maximum absolute atomic E-state index is 12.8. The number of aryl methyl sites for hydroxylation is 2. The molecule has 0 amide bonds. The quantitative estimate of drug-likeness (QED) is 0.296. The summed E-state index contributed by atoms with van der Waals surface area (Å²) in [6.45, 7) is 3.91. The van der Waals surface area contributed by atoms with Gasteiger partial charge in [-0.15, -0.1) is 0 Å². The molecule has 3 aromatic carbocycles. The fraction of sp³-hybridized carbons (Fsp3) is 0.0833. The standard InChI is InChI=1S/C24H17ClO5/c1-14-9-15(2)11-17(10-14)29-22-13-28-21-12-16(7-8-19(21)23(22)26)30-24(27)18-5-3-4-6-20(18)25/h3-13H,1-2H3. The summed E-state index contributed by atoms with van der Waals surface area (Å²) in [6.07, 6.45) is 1.25. The molecule has 0 spiro atoms. The van der Waals surface area contributed by atoms with Crippen LogP contribution in [-0.4, -0.2) is 5.97 Å². The first kappa shape index (κ1) is 19.7. The maximum Gasteiger partial charge on any atom is 0.345 e. The molecule has 0 saturated carbocycles. The molecule has 0 bridgehead atoms. The van der Waals surface area contributed by atoms with Gasteiger partial charge >= 0.3 is 5.97 Å². The van der Waals surface area contributed by atoms with E-state index >= 15 is 0 Å². The smallest absolute Gasteiger partial charge is 0.345 e. The van der Waals surface area contributed by atoms with Crippen LogP contribution in [0.25, 0.3) is 11.0 Å². The molecule has 0 radical (unpaired) electrons. The summed E-state index contributed by atoms with van der Waals surface area (Å²) in [5, 5.41) is 0.609. The Balaban J connectivity index is 1.62. The third kappa shape index (κ3) is 4.07. The van der Waals surface area contributed by atoms with E-state index in [9.17, 15) is 9.59 Å². The highest BCUT2D eigenvalue weighted by Gasteiger charge is 2.15. The molecule has 0 unspecified atom stereocenters. The number of hydrogen-bond acceptors (Lipinski definition) is 5. The zero-order chi connectivity index (χ0) is 21.3. The zero-order valence-electron chi connectivity index (χ0n) is 16.3. The van der Waals surface area contributed by atoms with Crippen molar-refractivity contribution >= 4 is 28.5 Å². The van der Waals surface area contributed by atoms with Crippen molar-refractivity contribution in [3.05, 3.63) is 98.9 Å². The van der Waals surface area contributed by atoms with E-state index in [1.807, 2.05) is 32.0 Å². The second-order valence-corrected chi connectivity index (χ2v) is 7.29. The van der Waals surface area contributed by atoms with Crippen LogP contribution in [0.5, 0.6) is 17.2 Å². The van der Waals surface area contributed by atoms with Crippen LogP contribution >= 0.6 is 11.6 Å². The summed E-state index contributed by atoms with van der Waals surface area (Å²) < 4.78 is 16.7. The molecule has 0 aliphatic rings. The van der Waals surface area contributed by atoms with Crippen molar-refractivity contribution in [2.24, 2.45) is 0 Å². The van der Waals surface area contributed by atoms with E-state index in [4.69, 9.17) is 25.5 Å². The first-order valence-corrected chi connectivity index (χ1v) is 9.57. The molecule has 4 aromatic rings. The van der Waals surface area contributed by atoms with E-state index < -0.39 is 5.97 Å². The summed E-state index contributed by atoms with van der Waals surface area (Å²) in [4.78, 5) is 25.1. The average molecular weight is 421 g/mol. The van der Waals surface area contributed by atoms with Gasteiger partial charge in [0.25, 0.3) is 0 Å². The normalized spacial score (nSPS) is 10.8. The Labute approximate surface area is 177 Å². The van der Waals surface area contributed by atoms with E-state index in [1.54, 1.807) is 24.3 Å². The van der Waals surface area contributed by atoms with Crippen molar-refractivity contribution in [2.45, 2.75) is 13.8 Å². The Hall–Kier alpha value is -3.57. The largest absolute Gasteiger partial charge is 0.460 e. The van der Waals surface area contributed by atoms with Gasteiger partial charge < -0.3 is 13.9 Å². The lowest BCUT2D eigenvalue weighted by molar-refractivity contribution is 0.0735. The van der Waals surface area contributed by atoms with Crippen molar-refractivity contribution in [1.29, 1.82) is 0 Å². The molecule has 0 aliphatic carbocycles. The highest BCUT2D eigenvalue weighted by molar-refractivity contribution is 6.33. The summed E-state index contributed by atoms with van der Waals surface area (Å²) in [7, 11) is 0. The molecule has 6 heteroatoms. The predicted molar refractivity (Wildman–Crippen MR) is 115 cm³/mol. The predicted octanol–water partition coefficient (Wildman–Crippen LogP) is 6.07. The molecule has 1 aromatic heterocycles. The van der Waals surface area contributed by atoms with E-state index in [0.717, 1.165) is 11.1 Å². The minimum atomic E-state index is -0.600. The monoisotopic (exact) mass is 420 g/mol. The number of esters is 1. The number of fused-ring (bicyclic) bond motifs is 1. The van der Waals surface area contributed by atoms with Crippen LogP contribution in [-0.2, 0) is 0 Å². The SMILES string of the molecule is Cc1cc(C)cc(Oc2coc3cc(OC(=O)c4ccccc4Cl)ccc3c2=O)c1. The van der Waals surface area contributed by atoms with Crippen molar-refractivity contribution in [3.8, 4) is 17.2 Å². The summed E-state index contributed by atoms with van der Waals surface area (Å²) in [5.74, 6) is 0.272. The Bertz CT molecular complexity index is 1300. The van der Waals surface area contributed by atoms with E-state index in [1.165, 1.54) is 24.5 Å². The number of rotatable bonds is 4. The second-order valence-electron chi connectivity index (χ2n) is 6.88. The molecule has 4 rings (SSSR count). The summed E-state index contributed by atoms with van der Waals surface area (Å²) >= 11 is 6.03. The Morgan fingerprint density at radius 3 is 2.40 bits per heavy atom. The topological polar surface area (TPSA) is 65.7 Å². The van der Waals surface area contributed by atoms with Gasteiger partial charge in [0.1, 0.15) is 23.3 Å². The van der Waals surface area contributed by atoms with Crippen molar-refractivity contribution < 1.29 is 18.7 Å². The first-order chi connectivity index (χ1) is 14.4. The van der Waals surface area contributed by atoms with Crippen LogP contribution in [0.3, 0.4) is 0 Å². The van der Waals surface area contributed by atoms with Crippen molar-refractivity contribution in [1.82, 2.24) is 0 Å². The minimum absolute atomic E-state index is 0.0771. The molecular weight excluding hydrogens is 404 g/mol. The van der Waals surface area contributed by atoms with Gasteiger partial charge in [-0.05, 0) is 61.4 Å². The lowest BCUT2D eigenvalue weighted by Gasteiger charge is -2.09. The van der Waals surface area contributed by atoms with Crippen molar-refractivity contribution in [2.75, 3.05) is 0 Å². The number of halogens is 1. The molecule has 0 fully saturated rings. The number of carbonyl (C=O) groups excluding carboxylic acids is 1. The van der Waals surface area contributed by atoms with Gasteiger partial charge in [0.05, 0.1) is 16.0 Å². The van der Waals surface area contributed by atoms with Crippen LogP contribution in [0, 0.1) is 13.8 Å². The van der Waals surface area contributed by atoms with Gasteiger partial charge in [-0.1, -0.05) is 29.8 Å². The fourth-order valence-corrected chi connectivity index (χ4v) is 3.35. The van der Waals surface area contributed by atoms with Crippen LogP contribution in [0.4, 0.5) is 0 Å². The first-order valence-electron chi connectivity index (χ1n) is 9.19.